The minimum absolute atomic E-state index is 0.0497. The fourth-order valence-corrected chi connectivity index (χ4v) is 5.18. The lowest BCUT2D eigenvalue weighted by Crippen LogP contribution is -2.36. The molecule has 9 heteroatoms. The predicted octanol–water partition coefficient (Wildman–Crippen LogP) is 5.49. The molecule has 1 aromatic carbocycles. The number of hydrogen-bond acceptors (Lipinski definition) is 5. The number of hydrogen-bond donors (Lipinski definition) is 2. The maximum Gasteiger partial charge on any atom is 0.416 e. The lowest BCUT2D eigenvalue weighted by Gasteiger charge is -2.22. The smallest absolute Gasteiger partial charge is 0.416 e. The fourth-order valence-electron chi connectivity index (χ4n) is 5.18. The van der Waals surface area contributed by atoms with Gasteiger partial charge in [0.1, 0.15) is 17.3 Å². The van der Waals surface area contributed by atoms with E-state index in [1.54, 1.807) is 31.3 Å². The number of aromatic nitrogens is 2. The Bertz CT molecular complexity index is 1250. The Balaban J connectivity index is 1.34. The van der Waals surface area contributed by atoms with Gasteiger partial charge in [-0.25, -0.2) is 4.98 Å². The van der Waals surface area contributed by atoms with Gasteiger partial charge in [0.15, 0.2) is 0 Å². The summed E-state index contributed by atoms with van der Waals surface area (Å²) in [7, 11) is 0. The highest BCUT2D eigenvalue weighted by molar-refractivity contribution is 5.94. The number of amides is 1. The van der Waals surface area contributed by atoms with Crippen molar-refractivity contribution in [3.05, 3.63) is 77.2 Å². The van der Waals surface area contributed by atoms with Crippen LogP contribution in [0.4, 0.5) is 19.0 Å². The number of nitrogens with one attached hydrogen (secondary N) is 1. The van der Waals surface area contributed by atoms with Crippen LogP contribution in [0.1, 0.15) is 52.2 Å². The second-order valence-electron chi connectivity index (χ2n) is 9.30. The molecule has 0 aliphatic heterocycles. The summed E-state index contributed by atoms with van der Waals surface area (Å²) < 4.78 is 46.4. The van der Waals surface area contributed by atoms with Gasteiger partial charge in [0.05, 0.1) is 17.3 Å². The number of carbonyl (C=O) groups excluding carboxylic acids is 1. The van der Waals surface area contributed by atoms with Crippen molar-refractivity contribution < 1.29 is 22.7 Å². The molecule has 6 nitrogen and oxygen atoms in total. The molecule has 182 valence electrons. The van der Waals surface area contributed by atoms with Crippen LogP contribution in [-0.4, -0.2) is 21.9 Å². The molecule has 2 fully saturated rings. The molecular formula is C26H25F3N4O2. The Morgan fingerprint density at radius 2 is 1.97 bits per heavy atom. The first kappa shape index (κ1) is 23.1. The first-order valence-corrected chi connectivity index (χ1v) is 11.5. The normalized spacial score (nSPS) is 23.3. The first-order chi connectivity index (χ1) is 16.7. The summed E-state index contributed by atoms with van der Waals surface area (Å²) in [5.74, 6) is 1.44. The average Bonchev–Trinajstić information content (AvgIpc) is 3.54. The fraction of sp³-hybridized carbons (Fsp3) is 0.346. The molecule has 2 aromatic heterocycles. The van der Waals surface area contributed by atoms with Gasteiger partial charge in [0, 0.05) is 18.4 Å². The number of alkyl halides is 3. The van der Waals surface area contributed by atoms with Gasteiger partial charge in [-0.05, 0) is 91.5 Å². The van der Waals surface area contributed by atoms with Gasteiger partial charge in [0.2, 0.25) is 0 Å². The van der Waals surface area contributed by atoms with E-state index in [1.165, 1.54) is 24.5 Å². The number of nitrogens with two attached hydrogens (primary N) is 1. The number of nitrogen functional groups attached to an aromatic ring is 1. The standard InChI is InChI=1S/C26H25F3N4O2/c1-14-9-15(12-32-24(14)30)25(34)33-17-5-6-19-20(11-17)23(19)21-10-16(26(27,28)29)4-7-22(21)35-18-3-2-8-31-13-18/h2-4,7-10,12-13,17,19-20,23H,5-6,11H2,1H3,(H2,30,32)(H,33,34). The molecule has 0 radical (unpaired) electrons. The van der Waals surface area contributed by atoms with Crippen molar-refractivity contribution in [2.75, 3.05) is 5.73 Å². The molecule has 3 N–H and O–H groups in total. The van der Waals surface area contributed by atoms with E-state index in [9.17, 15) is 18.0 Å². The number of rotatable bonds is 5. The number of pyridine rings is 2. The summed E-state index contributed by atoms with van der Waals surface area (Å²) in [6.07, 6.45) is 2.43. The van der Waals surface area contributed by atoms with Crippen molar-refractivity contribution in [1.29, 1.82) is 0 Å². The molecule has 2 heterocycles. The Hall–Kier alpha value is -3.62. The van der Waals surface area contributed by atoms with Gasteiger partial charge >= 0.3 is 6.18 Å². The van der Waals surface area contributed by atoms with E-state index in [4.69, 9.17) is 10.5 Å². The van der Waals surface area contributed by atoms with Gasteiger partial charge in [-0.15, -0.1) is 0 Å². The van der Waals surface area contributed by atoms with Crippen LogP contribution in [0.25, 0.3) is 0 Å². The number of ether oxygens (including phenoxy) is 1. The quantitative estimate of drug-likeness (QED) is 0.502. The molecule has 1 amide bonds. The van der Waals surface area contributed by atoms with E-state index in [1.807, 2.05) is 0 Å². The van der Waals surface area contributed by atoms with Gasteiger partial charge in [0.25, 0.3) is 5.91 Å². The molecule has 2 saturated carbocycles. The number of aryl methyl sites for hydroxylation is 1. The van der Waals surface area contributed by atoms with E-state index in [0.717, 1.165) is 24.5 Å². The highest BCUT2D eigenvalue weighted by atomic mass is 19.4. The molecule has 2 aliphatic rings. The topological polar surface area (TPSA) is 90.1 Å². The zero-order valence-electron chi connectivity index (χ0n) is 19.0. The highest BCUT2D eigenvalue weighted by Gasteiger charge is 2.54. The van der Waals surface area contributed by atoms with Gasteiger partial charge in [-0.3, -0.25) is 9.78 Å². The summed E-state index contributed by atoms with van der Waals surface area (Å²) >= 11 is 0. The first-order valence-electron chi connectivity index (χ1n) is 11.5. The van der Waals surface area contributed by atoms with Crippen molar-refractivity contribution >= 4 is 11.7 Å². The Morgan fingerprint density at radius 1 is 1.14 bits per heavy atom. The molecule has 0 bridgehead atoms. The van der Waals surface area contributed by atoms with E-state index < -0.39 is 11.7 Å². The molecule has 5 rings (SSSR count). The number of halogens is 3. The van der Waals surface area contributed by atoms with E-state index >= 15 is 0 Å². The monoisotopic (exact) mass is 482 g/mol. The van der Waals surface area contributed by atoms with Crippen LogP contribution in [-0.2, 0) is 6.18 Å². The van der Waals surface area contributed by atoms with Crippen LogP contribution >= 0.6 is 0 Å². The molecule has 0 saturated heterocycles. The Labute approximate surface area is 200 Å². The predicted molar refractivity (Wildman–Crippen MR) is 124 cm³/mol. The Kier molecular flexibility index (Phi) is 5.86. The molecule has 2 aliphatic carbocycles. The minimum atomic E-state index is -4.44. The third-order valence-corrected chi connectivity index (χ3v) is 7.01. The van der Waals surface area contributed by atoms with Gasteiger partial charge in [-0.1, -0.05) is 0 Å². The third kappa shape index (κ3) is 4.80. The van der Waals surface area contributed by atoms with E-state index in [-0.39, 0.29) is 29.7 Å². The number of nitrogens with zero attached hydrogens (tertiary/aromatic N) is 2. The van der Waals surface area contributed by atoms with Crippen LogP contribution in [0.3, 0.4) is 0 Å². The molecular weight excluding hydrogens is 457 g/mol. The largest absolute Gasteiger partial charge is 0.455 e. The van der Waals surface area contributed by atoms with Gasteiger partial charge < -0.3 is 15.8 Å². The summed E-state index contributed by atoms with van der Waals surface area (Å²) in [5.41, 5.74) is 6.78. The van der Waals surface area contributed by atoms with Crippen molar-refractivity contribution in [3.63, 3.8) is 0 Å². The molecule has 3 aromatic rings. The number of fused-ring (bicyclic) bond motifs is 1. The van der Waals surface area contributed by atoms with Crippen LogP contribution in [0.15, 0.2) is 55.0 Å². The van der Waals surface area contributed by atoms with Crippen LogP contribution in [0.2, 0.25) is 0 Å². The van der Waals surface area contributed by atoms with Crippen molar-refractivity contribution in [2.24, 2.45) is 11.8 Å². The van der Waals surface area contributed by atoms with Crippen molar-refractivity contribution in [1.82, 2.24) is 15.3 Å². The van der Waals surface area contributed by atoms with Crippen LogP contribution in [0.5, 0.6) is 11.5 Å². The maximum absolute atomic E-state index is 13.5. The summed E-state index contributed by atoms with van der Waals surface area (Å²) in [4.78, 5) is 20.8. The number of carbonyl (C=O) groups is 1. The van der Waals surface area contributed by atoms with E-state index in [0.29, 0.717) is 34.9 Å². The third-order valence-electron chi connectivity index (χ3n) is 7.01. The van der Waals surface area contributed by atoms with Crippen molar-refractivity contribution in [3.8, 4) is 11.5 Å². The second kappa shape index (κ2) is 8.87. The zero-order valence-corrected chi connectivity index (χ0v) is 19.0. The lowest BCUT2D eigenvalue weighted by molar-refractivity contribution is -0.137. The number of anilines is 1. The Morgan fingerprint density at radius 3 is 2.69 bits per heavy atom. The average molecular weight is 483 g/mol. The molecule has 35 heavy (non-hydrogen) atoms. The minimum Gasteiger partial charge on any atom is -0.455 e. The SMILES string of the molecule is Cc1cc(C(=O)NC2CCC3C(C2)C3c2cc(C(F)(F)F)ccc2Oc2cccnc2)cnc1N. The highest BCUT2D eigenvalue weighted by Crippen LogP contribution is 2.63. The number of benzene rings is 1. The summed E-state index contributed by atoms with van der Waals surface area (Å²) in [6, 6.07) is 8.73. The summed E-state index contributed by atoms with van der Waals surface area (Å²) in [5, 5.41) is 3.06. The molecule has 0 spiro atoms. The van der Waals surface area contributed by atoms with Crippen LogP contribution < -0.4 is 15.8 Å². The van der Waals surface area contributed by atoms with Gasteiger partial charge in [-0.2, -0.15) is 13.2 Å². The second-order valence-corrected chi connectivity index (χ2v) is 9.30. The van der Waals surface area contributed by atoms with E-state index in [2.05, 4.69) is 15.3 Å². The summed E-state index contributed by atoms with van der Waals surface area (Å²) in [6.45, 7) is 1.79. The van der Waals surface area contributed by atoms with Crippen molar-refractivity contribution in [2.45, 2.75) is 44.3 Å². The zero-order chi connectivity index (χ0) is 24.7. The molecule has 4 atom stereocenters. The maximum atomic E-state index is 13.5. The lowest BCUT2D eigenvalue weighted by atomic mass is 9.95. The van der Waals surface area contributed by atoms with Crippen LogP contribution in [0, 0.1) is 18.8 Å². The molecule has 4 unspecified atom stereocenters.